The molecular weight excluding hydrogens is 172 g/mol. The summed E-state index contributed by atoms with van der Waals surface area (Å²) >= 11 is 0. The topological polar surface area (TPSA) is 29.3 Å². The summed E-state index contributed by atoms with van der Waals surface area (Å²) in [5.74, 6) is 0. The number of anilines is 1. The molecule has 1 aliphatic rings. The maximum Gasteiger partial charge on any atom is 0.0433 e. The lowest BCUT2D eigenvalue weighted by molar-refractivity contribution is 0.302. The Hall–Kier alpha value is -1.44. The van der Waals surface area contributed by atoms with Crippen LogP contribution in [0.4, 0.5) is 5.69 Å². The number of rotatable bonds is 1. The van der Waals surface area contributed by atoms with Gasteiger partial charge in [0.05, 0.1) is 0 Å². The van der Waals surface area contributed by atoms with E-state index in [4.69, 9.17) is 5.73 Å². The van der Waals surface area contributed by atoms with Crippen LogP contribution in [0.25, 0.3) is 6.08 Å². The van der Waals surface area contributed by atoms with Crippen molar-refractivity contribution in [3.63, 3.8) is 0 Å². The van der Waals surface area contributed by atoms with Crippen LogP contribution in [0.2, 0.25) is 0 Å². The van der Waals surface area contributed by atoms with Crippen molar-refractivity contribution >= 4 is 11.8 Å². The van der Waals surface area contributed by atoms with Gasteiger partial charge in [-0.2, -0.15) is 0 Å². The maximum atomic E-state index is 5.89. The maximum absolute atomic E-state index is 5.89. The van der Waals surface area contributed by atoms with Gasteiger partial charge in [-0.1, -0.05) is 12.1 Å². The Morgan fingerprint density at radius 3 is 2.86 bits per heavy atom. The van der Waals surface area contributed by atoms with Crippen LogP contribution in [-0.4, -0.2) is 10.9 Å². The third-order valence-electron chi connectivity index (χ3n) is 2.68. The average molecular weight is 188 g/mol. The van der Waals surface area contributed by atoms with Crippen molar-refractivity contribution in [1.29, 1.82) is 0 Å². The van der Waals surface area contributed by atoms with Gasteiger partial charge >= 0.3 is 0 Å². The zero-order chi connectivity index (χ0) is 10.1. The van der Waals surface area contributed by atoms with Gasteiger partial charge < -0.3 is 10.6 Å². The van der Waals surface area contributed by atoms with Gasteiger partial charge in [-0.05, 0) is 31.6 Å². The Morgan fingerprint density at radius 2 is 2.14 bits per heavy atom. The molecular formula is C12H16N2. The molecule has 0 saturated carbocycles. The fourth-order valence-corrected chi connectivity index (χ4v) is 1.75. The molecule has 74 valence electrons. The molecule has 1 aliphatic heterocycles. The van der Waals surface area contributed by atoms with Crippen molar-refractivity contribution in [2.24, 2.45) is 0 Å². The van der Waals surface area contributed by atoms with Crippen LogP contribution in [0, 0.1) is 0 Å². The van der Waals surface area contributed by atoms with E-state index in [1.54, 1.807) is 0 Å². The summed E-state index contributed by atoms with van der Waals surface area (Å²) < 4.78 is 0. The fourth-order valence-electron chi connectivity index (χ4n) is 1.75. The van der Waals surface area contributed by atoms with E-state index in [0.29, 0.717) is 6.04 Å². The number of nitrogens with zero attached hydrogens (tertiary/aromatic N) is 1. The van der Waals surface area contributed by atoms with Gasteiger partial charge in [0.25, 0.3) is 0 Å². The molecule has 0 aliphatic carbocycles. The molecule has 2 N–H and O–H groups in total. The molecule has 0 radical (unpaired) electrons. The summed E-state index contributed by atoms with van der Waals surface area (Å²) in [7, 11) is 0. The number of benzene rings is 1. The molecule has 0 atom stereocenters. The minimum atomic E-state index is 0.542. The van der Waals surface area contributed by atoms with Crippen LogP contribution >= 0.6 is 0 Å². The average Bonchev–Trinajstić information content (AvgIpc) is 2.17. The summed E-state index contributed by atoms with van der Waals surface area (Å²) in [6, 6.07) is 6.66. The van der Waals surface area contributed by atoms with Crippen LogP contribution in [0.15, 0.2) is 24.4 Å². The van der Waals surface area contributed by atoms with E-state index < -0.39 is 0 Å². The second-order valence-corrected chi connectivity index (χ2v) is 4.00. The summed E-state index contributed by atoms with van der Waals surface area (Å²) in [5.41, 5.74) is 9.28. The van der Waals surface area contributed by atoms with Crippen LogP contribution in [-0.2, 0) is 6.54 Å². The first kappa shape index (κ1) is 9.13. The zero-order valence-electron chi connectivity index (χ0n) is 8.70. The minimum absolute atomic E-state index is 0.542. The van der Waals surface area contributed by atoms with E-state index in [2.05, 4.69) is 37.1 Å². The van der Waals surface area contributed by atoms with E-state index in [1.807, 2.05) is 12.1 Å². The predicted octanol–water partition coefficient (Wildman–Crippen LogP) is 2.46. The normalized spacial score (nSPS) is 14.6. The van der Waals surface area contributed by atoms with Crippen LogP contribution in [0.5, 0.6) is 0 Å². The highest BCUT2D eigenvalue weighted by Crippen LogP contribution is 2.25. The highest BCUT2D eigenvalue weighted by Gasteiger charge is 2.13. The molecule has 0 aromatic heterocycles. The van der Waals surface area contributed by atoms with E-state index >= 15 is 0 Å². The Balaban J connectivity index is 2.36. The van der Waals surface area contributed by atoms with Crippen molar-refractivity contribution in [1.82, 2.24) is 4.90 Å². The van der Waals surface area contributed by atoms with E-state index in [1.165, 1.54) is 11.1 Å². The van der Waals surface area contributed by atoms with Crippen molar-refractivity contribution in [2.45, 2.75) is 26.4 Å². The monoisotopic (exact) mass is 188 g/mol. The van der Waals surface area contributed by atoms with Crippen LogP contribution in [0.3, 0.4) is 0 Å². The Morgan fingerprint density at radius 1 is 1.36 bits per heavy atom. The molecule has 1 aromatic carbocycles. The highest BCUT2D eigenvalue weighted by molar-refractivity contribution is 5.68. The zero-order valence-corrected chi connectivity index (χ0v) is 8.70. The smallest absolute Gasteiger partial charge is 0.0433 e. The molecule has 2 heteroatoms. The molecule has 0 amide bonds. The minimum Gasteiger partial charge on any atom is -0.398 e. The summed E-state index contributed by atoms with van der Waals surface area (Å²) in [6.07, 6.45) is 4.23. The van der Waals surface area contributed by atoms with Gasteiger partial charge in [-0.25, -0.2) is 0 Å². The first-order valence-electron chi connectivity index (χ1n) is 5.00. The van der Waals surface area contributed by atoms with E-state index in [0.717, 1.165) is 12.2 Å². The second kappa shape index (κ2) is 3.37. The lowest BCUT2D eigenvalue weighted by Crippen LogP contribution is -2.27. The lowest BCUT2D eigenvalue weighted by Gasteiger charge is -2.29. The summed E-state index contributed by atoms with van der Waals surface area (Å²) in [5, 5.41) is 0. The molecule has 0 fully saturated rings. The number of nitrogen functional groups attached to an aromatic ring is 1. The summed E-state index contributed by atoms with van der Waals surface area (Å²) in [6.45, 7) is 5.36. The number of hydrogen-bond acceptors (Lipinski definition) is 2. The van der Waals surface area contributed by atoms with Gasteiger partial charge in [0.15, 0.2) is 0 Å². The van der Waals surface area contributed by atoms with Gasteiger partial charge in [0, 0.05) is 30.0 Å². The quantitative estimate of drug-likeness (QED) is 0.686. The van der Waals surface area contributed by atoms with Gasteiger partial charge in [-0.15, -0.1) is 0 Å². The Bertz CT molecular complexity index is 367. The second-order valence-electron chi connectivity index (χ2n) is 4.00. The Kier molecular flexibility index (Phi) is 2.20. The van der Waals surface area contributed by atoms with E-state index in [9.17, 15) is 0 Å². The predicted molar refractivity (Wildman–Crippen MR) is 60.6 cm³/mol. The van der Waals surface area contributed by atoms with Gasteiger partial charge in [-0.3, -0.25) is 0 Å². The molecule has 2 nitrogen and oxygen atoms in total. The van der Waals surface area contributed by atoms with Crippen LogP contribution < -0.4 is 5.73 Å². The third-order valence-corrected chi connectivity index (χ3v) is 2.68. The largest absolute Gasteiger partial charge is 0.398 e. The van der Waals surface area contributed by atoms with Crippen molar-refractivity contribution in [2.75, 3.05) is 5.73 Å². The number of hydrogen-bond donors (Lipinski definition) is 1. The highest BCUT2D eigenvalue weighted by atomic mass is 15.1. The molecule has 0 spiro atoms. The first-order valence-corrected chi connectivity index (χ1v) is 5.00. The fraction of sp³-hybridized carbons (Fsp3) is 0.333. The molecule has 1 aromatic rings. The van der Waals surface area contributed by atoms with Crippen molar-refractivity contribution < 1.29 is 0 Å². The Labute approximate surface area is 85.0 Å². The lowest BCUT2D eigenvalue weighted by atomic mass is 10.0. The van der Waals surface area contributed by atoms with Crippen molar-refractivity contribution in [3.8, 4) is 0 Å². The molecule has 0 bridgehead atoms. The standard InChI is InChI=1S/C12H16N2/c1-9(2)14-7-6-11-10(8-14)4-3-5-12(11)13/h3-7,9H,8,13H2,1-2H3. The SMILES string of the molecule is CC(C)N1C=Cc2c(N)cccc2C1. The molecule has 2 rings (SSSR count). The van der Waals surface area contributed by atoms with E-state index in [-0.39, 0.29) is 0 Å². The van der Waals surface area contributed by atoms with Gasteiger partial charge in [0.2, 0.25) is 0 Å². The number of nitrogens with two attached hydrogens (primary N) is 1. The first-order chi connectivity index (χ1) is 6.68. The van der Waals surface area contributed by atoms with Crippen molar-refractivity contribution in [3.05, 3.63) is 35.5 Å². The molecule has 1 heterocycles. The van der Waals surface area contributed by atoms with Gasteiger partial charge in [0.1, 0.15) is 0 Å². The molecule has 0 saturated heterocycles. The summed E-state index contributed by atoms with van der Waals surface area (Å²) in [4.78, 5) is 2.31. The molecule has 14 heavy (non-hydrogen) atoms. The number of fused-ring (bicyclic) bond motifs is 1. The molecule has 0 unspecified atom stereocenters. The van der Waals surface area contributed by atoms with Crippen LogP contribution in [0.1, 0.15) is 25.0 Å². The third kappa shape index (κ3) is 1.48.